The monoisotopic (exact) mass is 463 g/mol. The van der Waals surface area contributed by atoms with E-state index in [1.807, 2.05) is 42.5 Å². The molecule has 126 valence electrons. The Morgan fingerprint density at radius 2 is 1.76 bits per heavy atom. The fourth-order valence-electron chi connectivity index (χ4n) is 2.51. The van der Waals surface area contributed by atoms with E-state index >= 15 is 0 Å². The quantitative estimate of drug-likeness (QED) is 0.517. The molecule has 3 rings (SSSR count). The maximum absolute atomic E-state index is 12.5. The highest BCUT2D eigenvalue weighted by molar-refractivity contribution is 14.1. The zero-order valence-electron chi connectivity index (χ0n) is 13.1. The van der Waals surface area contributed by atoms with Crippen molar-refractivity contribution >= 4 is 45.8 Å². The van der Waals surface area contributed by atoms with Gasteiger partial charge in [-0.3, -0.25) is 4.79 Å². The summed E-state index contributed by atoms with van der Waals surface area (Å²) in [4.78, 5) is 12.5. The summed E-state index contributed by atoms with van der Waals surface area (Å²) in [5.41, 5.74) is 2.37. The van der Waals surface area contributed by atoms with Crippen LogP contribution in [0, 0.1) is 3.57 Å². The van der Waals surface area contributed by atoms with E-state index in [9.17, 15) is 9.90 Å². The van der Waals surface area contributed by atoms with Gasteiger partial charge in [0.05, 0.1) is 0 Å². The average molecular weight is 464 g/mol. The van der Waals surface area contributed by atoms with Crippen molar-refractivity contribution in [2.75, 3.05) is 5.32 Å². The van der Waals surface area contributed by atoms with E-state index < -0.39 is 6.10 Å². The normalized spacial score (nSPS) is 11.8. The van der Waals surface area contributed by atoms with E-state index in [1.54, 1.807) is 30.3 Å². The molecule has 0 aliphatic carbocycles. The van der Waals surface area contributed by atoms with E-state index in [0.29, 0.717) is 21.8 Å². The van der Waals surface area contributed by atoms with Crippen molar-refractivity contribution in [3.63, 3.8) is 0 Å². The third-order valence-corrected chi connectivity index (χ3v) is 4.66. The Labute approximate surface area is 164 Å². The minimum atomic E-state index is -0.883. The molecule has 2 N–H and O–H groups in total. The molecule has 1 atom stereocenters. The van der Waals surface area contributed by atoms with Crippen LogP contribution in [0.1, 0.15) is 27.6 Å². The number of benzene rings is 3. The van der Waals surface area contributed by atoms with Crippen molar-refractivity contribution in [2.45, 2.75) is 6.10 Å². The molecule has 0 bridgehead atoms. The van der Waals surface area contributed by atoms with Gasteiger partial charge in [0.1, 0.15) is 6.10 Å². The summed E-state index contributed by atoms with van der Waals surface area (Å²) in [5, 5.41) is 14.1. The number of rotatable bonds is 4. The Balaban J connectivity index is 1.93. The lowest BCUT2D eigenvalue weighted by Crippen LogP contribution is -2.15. The van der Waals surface area contributed by atoms with Gasteiger partial charge in [0.2, 0.25) is 0 Å². The van der Waals surface area contributed by atoms with Crippen LogP contribution in [0.4, 0.5) is 5.69 Å². The van der Waals surface area contributed by atoms with Gasteiger partial charge in [-0.05, 0) is 64.6 Å². The summed E-state index contributed by atoms with van der Waals surface area (Å²) in [6.45, 7) is 0. The van der Waals surface area contributed by atoms with E-state index in [4.69, 9.17) is 11.6 Å². The number of hydrogen-bond donors (Lipinski definition) is 2. The first-order valence-corrected chi connectivity index (χ1v) is 9.09. The smallest absolute Gasteiger partial charge is 0.255 e. The highest BCUT2D eigenvalue weighted by atomic mass is 127. The zero-order chi connectivity index (χ0) is 17.8. The molecular weight excluding hydrogens is 449 g/mol. The van der Waals surface area contributed by atoms with Crippen molar-refractivity contribution in [3.8, 4) is 0 Å². The Morgan fingerprint density at radius 1 is 1.00 bits per heavy atom. The van der Waals surface area contributed by atoms with Crippen LogP contribution in [-0.4, -0.2) is 11.0 Å². The van der Waals surface area contributed by atoms with E-state index in [0.717, 1.165) is 9.13 Å². The lowest BCUT2D eigenvalue weighted by molar-refractivity contribution is 0.102. The summed E-state index contributed by atoms with van der Waals surface area (Å²) in [7, 11) is 0. The lowest BCUT2D eigenvalue weighted by atomic mass is 9.99. The van der Waals surface area contributed by atoms with Crippen LogP contribution < -0.4 is 5.32 Å². The number of halogens is 2. The van der Waals surface area contributed by atoms with Gasteiger partial charge in [0.25, 0.3) is 5.91 Å². The molecule has 25 heavy (non-hydrogen) atoms. The molecule has 1 amide bonds. The average Bonchev–Trinajstić information content (AvgIpc) is 2.63. The highest BCUT2D eigenvalue weighted by Gasteiger charge is 2.17. The van der Waals surface area contributed by atoms with Gasteiger partial charge in [-0.2, -0.15) is 0 Å². The van der Waals surface area contributed by atoms with Crippen molar-refractivity contribution in [1.82, 2.24) is 0 Å². The van der Waals surface area contributed by atoms with Gasteiger partial charge in [0, 0.05) is 25.4 Å². The fourth-order valence-corrected chi connectivity index (χ4v) is 3.24. The maximum atomic E-state index is 12.5. The summed E-state index contributed by atoms with van der Waals surface area (Å²) in [6, 6.07) is 21.6. The second-order valence-electron chi connectivity index (χ2n) is 5.51. The van der Waals surface area contributed by atoms with Gasteiger partial charge >= 0.3 is 0 Å². The van der Waals surface area contributed by atoms with Crippen molar-refractivity contribution in [3.05, 3.63) is 98.1 Å². The molecule has 3 nitrogen and oxygen atoms in total. The summed E-state index contributed by atoms with van der Waals surface area (Å²) < 4.78 is 0.978. The van der Waals surface area contributed by atoms with Crippen LogP contribution in [-0.2, 0) is 0 Å². The van der Waals surface area contributed by atoms with Crippen LogP contribution in [0.25, 0.3) is 0 Å². The fraction of sp³-hybridized carbons (Fsp3) is 0.0500. The number of hydrogen-bond acceptors (Lipinski definition) is 2. The van der Waals surface area contributed by atoms with Crippen molar-refractivity contribution in [1.29, 1.82) is 0 Å². The molecule has 0 spiro atoms. The van der Waals surface area contributed by atoms with Gasteiger partial charge in [-0.15, -0.1) is 0 Å². The van der Waals surface area contributed by atoms with Crippen LogP contribution in [0.3, 0.4) is 0 Å². The van der Waals surface area contributed by atoms with E-state index in [-0.39, 0.29) is 5.91 Å². The third-order valence-electron chi connectivity index (χ3n) is 3.76. The molecule has 3 aromatic rings. The largest absolute Gasteiger partial charge is 0.384 e. The first-order valence-electron chi connectivity index (χ1n) is 7.64. The molecule has 0 radical (unpaired) electrons. The summed E-state index contributed by atoms with van der Waals surface area (Å²) in [6.07, 6.45) is -0.883. The number of aliphatic hydroxyl groups excluding tert-OH is 1. The first kappa shape index (κ1) is 17.9. The van der Waals surface area contributed by atoms with Crippen LogP contribution >= 0.6 is 34.2 Å². The minimum absolute atomic E-state index is 0.234. The molecule has 3 aromatic carbocycles. The van der Waals surface area contributed by atoms with Crippen molar-refractivity contribution < 1.29 is 9.90 Å². The molecule has 0 saturated carbocycles. The number of anilines is 1. The lowest BCUT2D eigenvalue weighted by Gasteiger charge is -2.17. The van der Waals surface area contributed by atoms with Crippen LogP contribution in [0.5, 0.6) is 0 Å². The number of amides is 1. The first-order chi connectivity index (χ1) is 12.0. The molecule has 5 heteroatoms. The molecular formula is C20H15ClINO2. The Bertz CT molecular complexity index is 899. The van der Waals surface area contributed by atoms with Gasteiger partial charge in [0.15, 0.2) is 0 Å². The molecule has 1 unspecified atom stereocenters. The Hall–Kier alpha value is -1.89. The third kappa shape index (κ3) is 4.39. The summed E-state index contributed by atoms with van der Waals surface area (Å²) in [5.74, 6) is -0.234. The second-order valence-corrected chi connectivity index (χ2v) is 7.19. The number of carbonyl (C=O) groups excluding carboxylic acids is 1. The molecule has 0 aliphatic rings. The number of aliphatic hydroxyl groups is 1. The summed E-state index contributed by atoms with van der Waals surface area (Å²) >= 11 is 8.26. The standard InChI is InChI=1S/C20H15ClINO2/c21-15-9-10-18(23-20(25)14-7-4-8-16(22)11-14)17(12-15)19(24)13-5-2-1-3-6-13/h1-12,19,24H,(H,23,25). The molecule has 0 aromatic heterocycles. The SMILES string of the molecule is O=C(Nc1ccc(Cl)cc1C(O)c1ccccc1)c1cccc(I)c1. The Morgan fingerprint density at radius 3 is 2.48 bits per heavy atom. The van der Waals surface area contributed by atoms with E-state index in [1.165, 1.54) is 0 Å². The van der Waals surface area contributed by atoms with Gasteiger partial charge < -0.3 is 10.4 Å². The predicted octanol–water partition coefficient (Wildman–Crippen LogP) is 5.28. The molecule has 0 fully saturated rings. The minimum Gasteiger partial charge on any atom is -0.384 e. The number of nitrogens with one attached hydrogen (secondary N) is 1. The highest BCUT2D eigenvalue weighted by Crippen LogP contribution is 2.31. The Kier molecular flexibility index (Phi) is 5.73. The van der Waals surface area contributed by atoms with Crippen LogP contribution in [0.15, 0.2) is 72.8 Å². The maximum Gasteiger partial charge on any atom is 0.255 e. The van der Waals surface area contributed by atoms with Crippen LogP contribution in [0.2, 0.25) is 5.02 Å². The second kappa shape index (κ2) is 7.99. The number of carbonyl (C=O) groups is 1. The molecule has 0 saturated heterocycles. The zero-order valence-corrected chi connectivity index (χ0v) is 16.0. The van der Waals surface area contributed by atoms with E-state index in [2.05, 4.69) is 27.9 Å². The van der Waals surface area contributed by atoms with Gasteiger partial charge in [-0.25, -0.2) is 0 Å². The topological polar surface area (TPSA) is 49.3 Å². The molecule has 0 heterocycles. The van der Waals surface area contributed by atoms with Crippen molar-refractivity contribution in [2.24, 2.45) is 0 Å². The predicted molar refractivity (Wildman–Crippen MR) is 109 cm³/mol. The van der Waals surface area contributed by atoms with Gasteiger partial charge in [-0.1, -0.05) is 48.0 Å². The molecule has 0 aliphatic heterocycles.